The van der Waals surface area contributed by atoms with Gasteiger partial charge in [0.2, 0.25) is 29.5 Å². The first-order chi connectivity index (χ1) is 23.7. The van der Waals surface area contributed by atoms with Crippen molar-refractivity contribution in [1.29, 1.82) is 5.41 Å². The van der Waals surface area contributed by atoms with Crippen molar-refractivity contribution in [3.63, 3.8) is 0 Å². The molecule has 0 aliphatic rings. The molecule has 0 bridgehead atoms. The van der Waals surface area contributed by atoms with Crippen LogP contribution in [0.5, 0.6) is 0 Å². The Bertz CT molecular complexity index is 1340. The van der Waals surface area contributed by atoms with Crippen LogP contribution in [0.3, 0.4) is 0 Å². The lowest BCUT2D eigenvalue weighted by atomic mass is 10.0. The Balaban J connectivity index is 3.19. The van der Waals surface area contributed by atoms with Gasteiger partial charge in [0.1, 0.15) is 36.0 Å². The van der Waals surface area contributed by atoms with E-state index in [4.69, 9.17) is 21.3 Å². The minimum absolute atomic E-state index is 0.0477. The van der Waals surface area contributed by atoms with E-state index in [0.717, 1.165) is 6.08 Å². The van der Waals surface area contributed by atoms with Crippen LogP contribution < -0.4 is 43.4 Å². The van der Waals surface area contributed by atoms with Gasteiger partial charge in [0.15, 0.2) is 5.96 Å². The van der Waals surface area contributed by atoms with E-state index in [1.54, 1.807) is 12.1 Å². The van der Waals surface area contributed by atoms with Crippen LogP contribution in [0.1, 0.15) is 57.6 Å². The number of amides is 5. The zero-order chi connectivity index (χ0) is 37.6. The summed E-state index contributed by atoms with van der Waals surface area (Å²) in [5.74, 6) is -6.78. The van der Waals surface area contributed by atoms with E-state index in [9.17, 15) is 43.8 Å². The maximum Gasteiger partial charge on any atom is 0.325 e. The highest BCUT2D eigenvalue weighted by atomic mass is 32.1. The van der Waals surface area contributed by atoms with Gasteiger partial charge in [0.05, 0.1) is 6.26 Å². The van der Waals surface area contributed by atoms with Crippen molar-refractivity contribution in [2.45, 2.75) is 82.1 Å². The topological polar surface area (TPSA) is 321 Å². The third kappa shape index (κ3) is 17.3. The molecule has 278 valence electrons. The number of carbonyl (C=O) groups excluding carboxylic acids is 5. The summed E-state index contributed by atoms with van der Waals surface area (Å²) < 4.78 is 5.12. The van der Waals surface area contributed by atoms with Crippen molar-refractivity contribution < 1.29 is 48.2 Å². The zero-order valence-corrected chi connectivity index (χ0v) is 28.5. The normalized spacial score (nSPS) is 13.9. The number of hydrogen-bond acceptors (Lipinski definition) is 11. The quantitative estimate of drug-likeness (QED) is 0.0181. The van der Waals surface area contributed by atoms with E-state index in [-0.39, 0.29) is 37.5 Å². The molecule has 0 aromatic carbocycles. The number of carboxylic acids is 2. The maximum absolute atomic E-state index is 13.6. The Morgan fingerprint density at radius 3 is 1.92 bits per heavy atom. The summed E-state index contributed by atoms with van der Waals surface area (Å²) in [7, 11) is 0. The molecule has 0 spiro atoms. The van der Waals surface area contributed by atoms with E-state index in [2.05, 4.69) is 44.5 Å². The minimum atomic E-state index is -1.50. The number of aliphatic carboxylic acids is 2. The fourth-order valence-electron chi connectivity index (χ4n) is 4.25. The highest BCUT2D eigenvalue weighted by molar-refractivity contribution is 7.80. The molecule has 0 saturated carbocycles. The Morgan fingerprint density at radius 2 is 1.42 bits per heavy atom. The van der Waals surface area contributed by atoms with Crippen LogP contribution in [-0.2, 0) is 33.6 Å². The van der Waals surface area contributed by atoms with Crippen LogP contribution in [0.4, 0.5) is 0 Å². The van der Waals surface area contributed by atoms with Gasteiger partial charge in [-0.05, 0) is 70.2 Å². The van der Waals surface area contributed by atoms with E-state index >= 15 is 0 Å². The zero-order valence-electron chi connectivity index (χ0n) is 27.6. The molecule has 0 aliphatic heterocycles. The van der Waals surface area contributed by atoms with Crippen molar-refractivity contribution in [2.24, 2.45) is 11.5 Å². The third-order valence-corrected chi connectivity index (χ3v) is 7.33. The van der Waals surface area contributed by atoms with Gasteiger partial charge >= 0.3 is 11.9 Å². The van der Waals surface area contributed by atoms with Crippen LogP contribution in [0.15, 0.2) is 28.9 Å². The number of unbranched alkanes of at least 4 members (excludes halogenated alkanes) is 1. The molecular formula is C30H47N9O10S. The number of hydrogen-bond donors (Lipinski definition) is 12. The van der Waals surface area contributed by atoms with Gasteiger partial charge in [-0.2, -0.15) is 12.6 Å². The Kier molecular flexibility index (Phi) is 20.0. The van der Waals surface area contributed by atoms with Crippen molar-refractivity contribution in [3.8, 4) is 0 Å². The molecule has 0 unspecified atom stereocenters. The number of rotatable bonds is 24. The second-order valence-corrected chi connectivity index (χ2v) is 11.4. The van der Waals surface area contributed by atoms with Crippen LogP contribution >= 0.6 is 12.6 Å². The number of thiol groups is 1. The van der Waals surface area contributed by atoms with Gasteiger partial charge in [-0.1, -0.05) is 0 Å². The fraction of sp³-hybridized carbons (Fsp3) is 0.533. The molecule has 1 aromatic heterocycles. The lowest BCUT2D eigenvalue weighted by molar-refractivity contribution is -0.141. The molecule has 0 fully saturated rings. The van der Waals surface area contributed by atoms with Crippen molar-refractivity contribution in [1.82, 2.24) is 31.9 Å². The monoisotopic (exact) mass is 725 g/mol. The van der Waals surface area contributed by atoms with E-state index in [0.29, 0.717) is 25.1 Å². The molecule has 0 saturated heterocycles. The number of nitrogens with one attached hydrogen (secondary N) is 7. The molecule has 1 rings (SSSR count). The lowest BCUT2D eigenvalue weighted by Crippen LogP contribution is -2.59. The van der Waals surface area contributed by atoms with Crippen LogP contribution in [0.25, 0.3) is 6.08 Å². The highest BCUT2D eigenvalue weighted by Crippen LogP contribution is 2.08. The summed E-state index contributed by atoms with van der Waals surface area (Å²) in [5.41, 5.74) is 10.9. The molecule has 19 nitrogen and oxygen atoms in total. The summed E-state index contributed by atoms with van der Waals surface area (Å²) in [4.78, 5) is 88.1. The lowest BCUT2D eigenvalue weighted by Gasteiger charge is -2.26. The third-order valence-electron chi connectivity index (χ3n) is 6.96. The molecule has 50 heavy (non-hydrogen) atoms. The predicted molar refractivity (Wildman–Crippen MR) is 183 cm³/mol. The van der Waals surface area contributed by atoms with Crippen LogP contribution in [-0.4, -0.2) is 107 Å². The highest BCUT2D eigenvalue weighted by Gasteiger charge is 2.32. The van der Waals surface area contributed by atoms with Gasteiger partial charge < -0.3 is 58.0 Å². The summed E-state index contributed by atoms with van der Waals surface area (Å²) >= 11 is 4.13. The van der Waals surface area contributed by atoms with Gasteiger partial charge in [0, 0.05) is 24.8 Å². The largest absolute Gasteiger partial charge is 0.481 e. The fourth-order valence-corrected chi connectivity index (χ4v) is 4.50. The Hall–Kier alpha value is -5.11. The second-order valence-electron chi connectivity index (χ2n) is 11.0. The predicted octanol–water partition coefficient (Wildman–Crippen LogP) is -1.99. The smallest absolute Gasteiger partial charge is 0.325 e. The van der Waals surface area contributed by atoms with Crippen molar-refractivity contribution in [2.75, 3.05) is 18.8 Å². The molecule has 0 aliphatic carbocycles. The average molecular weight is 726 g/mol. The van der Waals surface area contributed by atoms with Gasteiger partial charge in [-0.3, -0.25) is 39.0 Å². The second kappa shape index (κ2) is 23.3. The molecule has 1 aromatic rings. The van der Waals surface area contributed by atoms with Crippen molar-refractivity contribution in [3.05, 3.63) is 30.2 Å². The first-order valence-electron chi connectivity index (χ1n) is 15.7. The number of guanidine groups is 1. The van der Waals surface area contributed by atoms with E-state index < -0.39 is 84.5 Å². The molecule has 0 radical (unpaired) electrons. The Morgan fingerprint density at radius 1 is 0.860 bits per heavy atom. The summed E-state index contributed by atoms with van der Waals surface area (Å²) in [6.07, 6.45) is 4.05. The Labute approximate surface area is 294 Å². The average Bonchev–Trinajstić information content (AvgIpc) is 3.58. The van der Waals surface area contributed by atoms with Gasteiger partial charge in [-0.25, -0.2) is 0 Å². The van der Waals surface area contributed by atoms with Gasteiger partial charge in [0.25, 0.3) is 0 Å². The van der Waals surface area contributed by atoms with E-state index in [1.807, 2.05) is 0 Å². The molecule has 13 N–H and O–H groups in total. The van der Waals surface area contributed by atoms with Crippen LogP contribution in [0, 0.1) is 5.41 Å². The molecule has 5 atom stereocenters. The summed E-state index contributed by atoms with van der Waals surface area (Å²) in [6, 6.07) is -3.32. The molecule has 20 heteroatoms. The van der Waals surface area contributed by atoms with Crippen molar-refractivity contribution >= 4 is 66.1 Å². The first kappa shape index (κ1) is 42.9. The van der Waals surface area contributed by atoms with Crippen LogP contribution in [0.2, 0.25) is 0 Å². The van der Waals surface area contributed by atoms with Gasteiger partial charge in [-0.15, -0.1) is 0 Å². The number of furan rings is 1. The molecule has 1 heterocycles. The standard InChI is InChI=1S/C30H47N9O10S/c1-17(29(47)48)35-25(43)19(7-2-3-13-31)37-27(45)21(10-12-24(41)42)39-26(44)20(8-4-14-34-30(32)33)38-28(46)22(16-50)36-23(40)11-9-18-6-5-15-49-18/h5-6,9,11,15,17,19-22,50H,2-4,7-8,10,12-14,16,31H2,1H3,(H,35,43)(H,36,40)(H,37,45)(H,38,46)(H,39,44)(H,41,42)(H,47,48)(H4,32,33,34)/t17-,19-,20-,21-,22-/m0/s1. The molecule has 5 amide bonds. The SMILES string of the molecule is C[C@H](NC(=O)[C@H](CCCCN)NC(=O)[C@H](CCC(=O)O)NC(=O)[C@H](CCCNC(=N)N)NC(=O)[C@H](CS)NC(=O)C=Cc1ccco1)C(=O)O. The first-order valence-corrected chi connectivity index (χ1v) is 16.4. The number of nitrogens with two attached hydrogens (primary N) is 2. The summed E-state index contributed by atoms with van der Waals surface area (Å²) in [5, 5.41) is 40.5. The maximum atomic E-state index is 13.6. The molecular weight excluding hydrogens is 678 g/mol. The van der Waals surface area contributed by atoms with E-state index in [1.165, 1.54) is 19.3 Å². The number of carboxylic acid groups (broad SMARTS) is 2. The summed E-state index contributed by atoms with van der Waals surface area (Å²) in [6.45, 7) is 1.66. The number of carbonyl (C=O) groups is 7. The minimum Gasteiger partial charge on any atom is -0.481 e.